The van der Waals surface area contributed by atoms with Crippen molar-refractivity contribution in [2.75, 3.05) is 39.7 Å². The van der Waals surface area contributed by atoms with Crippen molar-refractivity contribution in [2.45, 2.75) is 26.3 Å². The highest BCUT2D eigenvalue weighted by Gasteiger charge is 2.17. The highest BCUT2D eigenvalue weighted by Crippen LogP contribution is 2.39. The zero-order valence-electron chi connectivity index (χ0n) is 17.6. The molecule has 1 atom stereocenters. The van der Waals surface area contributed by atoms with Gasteiger partial charge in [0.05, 0.1) is 21.3 Å². The maximum atomic E-state index is 13.2. The third kappa shape index (κ3) is 5.84. The molecule has 0 aromatic heterocycles. The van der Waals surface area contributed by atoms with E-state index >= 15 is 0 Å². The van der Waals surface area contributed by atoms with Crippen molar-refractivity contribution < 1.29 is 23.4 Å². The Morgan fingerprint density at radius 2 is 1.66 bits per heavy atom. The molecule has 0 radical (unpaired) electrons. The number of hydrogen-bond donors (Lipinski definition) is 1. The number of carbonyl (C=O) groups excluding carboxylic acids is 1. The number of nitrogens with zero attached hydrogens (tertiary/aromatic N) is 1. The van der Waals surface area contributed by atoms with E-state index in [-0.39, 0.29) is 17.8 Å². The van der Waals surface area contributed by atoms with Crippen LogP contribution < -0.4 is 19.5 Å². The first kappa shape index (κ1) is 22.5. The van der Waals surface area contributed by atoms with Crippen LogP contribution in [0.25, 0.3) is 0 Å². The zero-order valence-corrected chi connectivity index (χ0v) is 17.6. The first-order chi connectivity index (χ1) is 13.9. The normalized spacial score (nSPS) is 11.8. The molecule has 6 nitrogen and oxygen atoms in total. The smallest absolute Gasteiger partial charge is 0.225 e. The van der Waals surface area contributed by atoms with Gasteiger partial charge in [0.15, 0.2) is 11.5 Å². The lowest BCUT2D eigenvalue weighted by Crippen LogP contribution is -2.30. The highest BCUT2D eigenvalue weighted by atomic mass is 19.1. The van der Waals surface area contributed by atoms with Crippen LogP contribution in [0.15, 0.2) is 36.4 Å². The molecule has 0 saturated heterocycles. The second-order valence-corrected chi connectivity index (χ2v) is 6.57. The summed E-state index contributed by atoms with van der Waals surface area (Å²) in [6.07, 6.45) is 0.316. The molecule has 0 heterocycles. The lowest BCUT2D eigenvalue weighted by atomic mass is 10.1. The molecule has 0 fully saturated rings. The molecule has 0 aliphatic heterocycles. The standard InChI is InChI=1S/C22H29FN2O4/c1-6-25(15(2)16-7-9-17(23)10-8-16)12-11-21(26)24-18-13-19(27-3)22(29-5)20(14-18)28-4/h7-10,13-15H,6,11-12H2,1-5H3,(H,24,26). The molecule has 1 N–H and O–H groups in total. The Morgan fingerprint density at radius 1 is 1.07 bits per heavy atom. The number of amides is 1. The van der Waals surface area contributed by atoms with Gasteiger partial charge in [-0.25, -0.2) is 4.39 Å². The van der Waals surface area contributed by atoms with Gasteiger partial charge in [0.1, 0.15) is 5.82 Å². The second kappa shape index (κ2) is 10.7. The summed E-state index contributed by atoms with van der Waals surface area (Å²) in [4.78, 5) is 14.7. The minimum atomic E-state index is -0.256. The minimum absolute atomic E-state index is 0.0783. The number of methoxy groups -OCH3 is 3. The predicted octanol–water partition coefficient (Wildman–Crippen LogP) is 4.26. The first-order valence-corrected chi connectivity index (χ1v) is 9.52. The van der Waals surface area contributed by atoms with Gasteiger partial charge in [-0.1, -0.05) is 19.1 Å². The fourth-order valence-corrected chi connectivity index (χ4v) is 3.20. The third-order valence-corrected chi connectivity index (χ3v) is 4.88. The van der Waals surface area contributed by atoms with Crippen molar-refractivity contribution in [1.82, 2.24) is 4.90 Å². The average molecular weight is 404 g/mol. The Balaban J connectivity index is 2.02. The van der Waals surface area contributed by atoms with Gasteiger partial charge in [0.25, 0.3) is 0 Å². The number of nitrogens with one attached hydrogen (secondary N) is 1. The molecule has 29 heavy (non-hydrogen) atoms. The van der Waals surface area contributed by atoms with Crippen molar-refractivity contribution in [2.24, 2.45) is 0 Å². The molecule has 0 spiro atoms. The summed E-state index contributed by atoms with van der Waals surface area (Å²) in [5.41, 5.74) is 1.58. The molecule has 158 valence electrons. The van der Waals surface area contributed by atoms with Crippen LogP contribution in [0.3, 0.4) is 0 Å². The van der Waals surface area contributed by atoms with E-state index in [9.17, 15) is 9.18 Å². The van der Waals surface area contributed by atoms with E-state index in [1.54, 1.807) is 24.3 Å². The van der Waals surface area contributed by atoms with Gasteiger partial charge >= 0.3 is 0 Å². The molecule has 2 aromatic rings. The summed E-state index contributed by atoms with van der Waals surface area (Å²) in [5, 5.41) is 2.88. The molecule has 2 rings (SSSR count). The molecular weight excluding hydrogens is 375 g/mol. The minimum Gasteiger partial charge on any atom is -0.493 e. The van der Waals surface area contributed by atoms with Crippen LogP contribution >= 0.6 is 0 Å². The number of hydrogen-bond acceptors (Lipinski definition) is 5. The fourth-order valence-electron chi connectivity index (χ4n) is 3.20. The summed E-state index contributed by atoms with van der Waals surface area (Å²) in [7, 11) is 4.58. The van der Waals surface area contributed by atoms with Gasteiger partial charge in [-0.15, -0.1) is 0 Å². The molecule has 1 unspecified atom stereocenters. The maximum Gasteiger partial charge on any atom is 0.225 e. The topological polar surface area (TPSA) is 60.0 Å². The zero-order chi connectivity index (χ0) is 21.4. The van der Waals surface area contributed by atoms with Crippen LogP contribution in [-0.2, 0) is 4.79 Å². The second-order valence-electron chi connectivity index (χ2n) is 6.57. The number of benzene rings is 2. The first-order valence-electron chi connectivity index (χ1n) is 9.52. The van der Waals surface area contributed by atoms with Crippen molar-refractivity contribution in [1.29, 1.82) is 0 Å². The summed E-state index contributed by atoms with van der Waals surface area (Å²) in [5.74, 6) is 1.04. The molecule has 7 heteroatoms. The number of halogens is 1. The van der Waals surface area contributed by atoms with E-state index in [0.29, 0.717) is 35.9 Å². The monoisotopic (exact) mass is 404 g/mol. The van der Waals surface area contributed by atoms with Crippen LogP contribution in [0.5, 0.6) is 17.2 Å². The average Bonchev–Trinajstić information content (AvgIpc) is 2.73. The maximum absolute atomic E-state index is 13.2. The SMILES string of the molecule is CCN(CCC(=O)Nc1cc(OC)c(OC)c(OC)c1)C(C)c1ccc(F)cc1. The van der Waals surface area contributed by atoms with Crippen LogP contribution in [0, 0.1) is 5.82 Å². The van der Waals surface area contributed by atoms with Crippen molar-refractivity contribution in [3.05, 3.63) is 47.8 Å². The summed E-state index contributed by atoms with van der Waals surface area (Å²) in [6.45, 7) is 5.44. The van der Waals surface area contributed by atoms with E-state index in [0.717, 1.165) is 12.1 Å². The Hall–Kier alpha value is -2.80. The third-order valence-electron chi connectivity index (χ3n) is 4.88. The van der Waals surface area contributed by atoms with E-state index in [4.69, 9.17) is 14.2 Å². The Bertz CT molecular complexity index is 786. The molecular formula is C22H29FN2O4. The molecule has 0 aliphatic carbocycles. The van der Waals surface area contributed by atoms with Gasteiger partial charge in [-0.2, -0.15) is 0 Å². The van der Waals surface area contributed by atoms with Gasteiger partial charge in [0, 0.05) is 36.8 Å². The van der Waals surface area contributed by atoms with E-state index in [1.807, 2.05) is 13.8 Å². The van der Waals surface area contributed by atoms with Crippen molar-refractivity contribution >= 4 is 11.6 Å². The highest BCUT2D eigenvalue weighted by molar-refractivity contribution is 5.91. The molecule has 0 saturated carbocycles. The Kier molecular flexibility index (Phi) is 8.27. The van der Waals surface area contributed by atoms with Crippen LogP contribution in [0.1, 0.15) is 31.9 Å². The lowest BCUT2D eigenvalue weighted by Gasteiger charge is -2.28. The van der Waals surface area contributed by atoms with Gasteiger partial charge in [-0.3, -0.25) is 9.69 Å². The molecule has 0 bridgehead atoms. The van der Waals surface area contributed by atoms with E-state index in [2.05, 4.69) is 10.2 Å². The summed E-state index contributed by atoms with van der Waals surface area (Å²) < 4.78 is 29.1. The number of rotatable bonds is 10. The van der Waals surface area contributed by atoms with Gasteiger partial charge in [-0.05, 0) is 31.2 Å². The van der Waals surface area contributed by atoms with Crippen LogP contribution in [0.4, 0.5) is 10.1 Å². The summed E-state index contributed by atoms with van der Waals surface area (Å²) in [6, 6.07) is 9.93. The molecule has 1 amide bonds. The molecule has 0 aliphatic rings. The Labute approximate surface area is 171 Å². The molecule has 2 aromatic carbocycles. The van der Waals surface area contributed by atoms with Crippen LogP contribution in [-0.4, -0.2) is 45.2 Å². The van der Waals surface area contributed by atoms with Crippen LogP contribution in [0.2, 0.25) is 0 Å². The lowest BCUT2D eigenvalue weighted by molar-refractivity contribution is -0.116. The summed E-state index contributed by atoms with van der Waals surface area (Å²) >= 11 is 0. The van der Waals surface area contributed by atoms with Crippen molar-refractivity contribution in [3.8, 4) is 17.2 Å². The largest absolute Gasteiger partial charge is 0.493 e. The fraction of sp³-hybridized carbons (Fsp3) is 0.409. The van der Waals surface area contributed by atoms with Gasteiger partial charge in [0.2, 0.25) is 11.7 Å². The predicted molar refractivity (Wildman–Crippen MR) is 111 cm³/mol. The van der Waals surface area contributed by atoms with E-state index < -0.39 is 0 Å². The number of anilines is 1. The quantitative estimate of drug-likeness (QED) is 0.641. The Morgan fingerprint density at radius 3 is 2.14 bits per heavy atom. The van der Waals surface area contributed by atoms with E-state index in [1.165, 1.54) is 33.5 Å². The van der Waals surface area contributed by atoms with Gasteiger partial charge < -0.3 is 19.5 Å². The van der Waals surface area contributed by atoms with Crippen molar-refractivity contribution in [3.63, 3.8) is 0 Å². The number of ether oxygens (including phenoxy) is 3. The number of carbonyl (C=O) groups is 1.